The quantitative estimate of drug-likeness (QED) is 0.721. The number of benzene rings is 2. The fourth-order valence-electron chi connectivity index (χ4n) is 2.01. The summed E-state index contributed by atoms with van der Waals surface area (Å²) >= 11 is 18.2. The van der Waals surface area contributed by atoms with Gasteiger partial charge in [0.15, 0.2) is 0 Å². The first-order valence-electron chi connectivity index (χ1n) is 6.36. The largest absolute Gasteiger partial charge is 0.340 e. The Bertz CT molecular complexity index is 610. The molecule has 0 fully saturated rings. The number of likely N-dealkylation sites (N-methyl/N-ethyl adjacent to an activating group) is 1. The summed E-state index contributed by atoms with van der Waals surface area (Å²) in [5.41, 5.74) is 1.64. The second kappa shape index (κ2) is 7.17. The number of carbonyl (C=O) groups excluding carboxylic acids is 1. The lowest BCUT2D eigenvalue weighted by Gasteiger charge is -2.21. The first-order valence-corrected chi connectivity index (χ1v) is 7.55. The number of carbonyl (C=O) groups is 1. The SMILES string of the molecule is CN(Cc1cc(Cl)cc(Cl)c1)C(=O)C(Cl)c1ccccc1. The molecule has 0 aliphatic heterocycles. The van der Waals surface area contributed by atoms with E-state index in [1.54, 1.807) is 30.1 Å². The number of nitrogens with zero attached hydrogens (tertiary/aromatic N) is 1. The van der Waals surface area contributed by atoms with Crippen molar-refractivity contribution in [3.8, 4) is 0 Å². The Morgan fingerprint density at radius 1 is 1.10 bits per heavy atom. The third kappa shape index (κ3) is 4.37. The van der Waals surface area contributed by atoms with Crippen molar-refractivity contribution >= 4 is 40.7 Å². The van der Waals surface area contributed by atoms with Gasteiger partial charge in [-0.15, -0.1) is 11.6 Å². The lowest BCUT2D eigenvalue weighted by Crippen LogP contribution is -2.29. The van der Waals surface area contributed by atoms with E-state index in [9.17, 15) is 4.79 Å². The van der Waals surface area contributed by atoms with E-state index in [0.717, 1.165) is 11.1 Å². The van der Waals surface area contributed by atoms with Gasteiger partial charge in [0.2, 0.25) is 5.91 Å². The Morgan fingerprint density at radius 3 is 2.24 bits per heavy atom. The first kappa shape index (κ1) is 16.2. The Morgan fingerprint density at radius 2 is 1.67 bits per heavy atom. The van der Waals surface area contributed by atoms with E-state index in [4.69, 9.17) is 34.8 Å². The summed E-state index contributed by atoms with van der Waals surface area (Å²) in [5.74, 6) is -0.168. The van der Waals surface area contributed by atoms with Gasteiger partial charge in [-0.2, -0.15) is 0 Å². The molecule has 5 heteroatoms. The molecular weight excluding hydrogens is 329 g/mol. The summed E-state index contributed by atoms with van der Waals surface area (Å²) in [5, 5.41) is 0.388. The molecule has 2 aromatic carbocycles. The number of amides is 1. The Kier molecular flexibility index (Phi) is 5.51. The molecule has 1 amide bonds. The minimum atomic E-state index is -0.703. The van der Waals surface area contributed by atoms with Crippen molar-refractivity contribution in [2.45, 2.75) is 11.9 Å². The predicted octanol–water partition coefficient (Wildman–Crippen LogP) is 4.93. The Balaban J connectivity index is 2.09. The molecule has 0 spiro atoms. The van der Waals surface area contributed by atoms with Crippen LogP contribution >= 0.6 is 34.8 Å². The van der Waals surface area contributed by atoms with Gasteiger partial charge in [-0.1, -0.05) is 53.5 Å². The molecule has 0 aromatic heterocycles. The van der Waals surface area contributed by atoms with E-state index in [0.29, 0.717) is 16.6 Å². The van der Waals surface area contributed by atoms with Crippen molar-refractivity contribution in [3.05, 3.63) is 69.7 Å². The van der Waals surface area contributed by atoms with Crippen molar-refractivity contribution in [2.75, 3.05) is 7.05 Å². The fourth-order valence-corrected chi connectivity index (χ4v) is 2.90. The highest BCUT2D eigenvalue weighted by Crippen LogP contribution is 2.24. The molecule has 0 saturated heterocycles. The molecule has 0 saturated carbocycles. The van der Waals surface area contributed by atoms with Crippen LogP contribution in [-0.2, 0) is 11.3 Å². The summed E-state index contributed by atoms with van der Waals surface area (Å²) < 4.78 is 0. The van der Waals surface area contributed by atoms with Crippen LogP contribution < -0.4 is 0 Å². The minimum absolute atomic E-state index is 0.168. The van der Waals surface area contributed by atoms with Gasteiger partial charge in [0, 0.05) is 23.6 Å². The second-order valence-electron chi connectivity index (χ2n) is 4.75. The third-order valence-electron chi connectivity index (χ3n) is 3.03. The lowest BCUT2D eigenvalue weighted by atomic mass is 10.1. The number of rotatable bonds is 4. The first-order chi connectivity index (χ1) is 9.97. The van der Waals surface area contributed by atoms with E-state index in [-0.39, 0.29) is 5.91 Å². The molecule has 2 nitrogen and oxygen atoms in total. The summed E-state index contributed by atoms with van der Waals surface area (Å²) in [7, 11) is 1.70. The van der Waals surface area contributed by atoms with Gasteiger partial charge < -0.3 is 4.90 Å². The molecule has 2 rings (SSSR count). The zero-order chi connectivity index (χ0) is 15.4. The van der Waals surface area contributed by atoms with Crippen LogP contribution in [0.2, 0.25) is 10.0 Å². The topological polar surface area (TPSA) is 20.3 Å². The van der Waals surface area contributed by atoms with E-state index in [1.165, 1.54) is 0 Å². The van der Waals surface area contributed by atoms with E-state index < -0.39 is 5.38 Å². The normalized spacial score (nSPS) is 12.0. The van der Waals surface area contributed by atoms with Crippen LogP contribution in [0.15, 0.2) is 48.5 Å². The smallest absolute Gasteiger partial charge is 0.245 e. The van der Waals surface area contributed by atoms with Crippen molar-refractivity contribution in [1.29, 1.82) is 0 Å². The summed E-state index contributed by atoms with van der Waals surface area (Å²) in [6, 6.07) is 14.5. The third-order valence-corrected chi connectivity index (χ3v) is 3.90. The Labute approximate surface area is 139 Å². The summed E-state index contributed by atoms with van der Waals surface area (Å²) in [4.78, 5) is 13.9. The van der Waals surface area contributed by atoms with Gasteiger partial charge in [0.25, 0.3) is 0 Å². The molecular formula is C16H14Cl3NO. The maximum Gasteiger partial charge on any atom is 0.245 e. The van der Waals surface area contributed by atoms with Crippen molar-refractivity contribution < 1.29 is 4.79 Å². The van der Waals surface area contributed by atoms with Crippen molar-refractivity contribution in [2.24, 2.45) is 0 Å². The van der Waals surface area contributed by atoms with E-state index in [2.05, 4.69) is 0 Å². The number of hydrogen-bond donors (Lipinski definition) is 0. The maximum atomic E-state index is 12.3. The predicted molar refractivity (Wildman–Crippen MR) is 88.0 cm³/mol. The van der Waals surface area contributed by atoms with Crippen LogP contribution in [0.25, 0.3) is 0 Å². The van der Waals surface area contributed by atoms with Gasteiger partial charge in [0.1, 0.15) is 5.38 Å². The van der Waals surface area contributed by atoms with Crippen molar-refractivity contribution in [3.63, 3.8) is 0 Å². The van der Waals surface area contributed by atoms with Gasteiger partial charge in [-0.25, -0.2) is 0 Å². The van der Waals surface area contributed by atoms with E-state index >= 15 is 0 Å². The monoisotopic (exact) mass is 341 g/mol. The molecule has 0 aliphatic rings. The van der Waals surface area contributed by atoms with Crippen LogP contribution in [0.3, 0.4) is 0 Å². The standard InChI is InChI=1S/C16H14Cl3NO/c1-20(10-11-7-13(17)9-14(18)8-11)16(21)15(19)12-5-3-2-4-6-12/h2-9,15H,10H2,1H3. The highest BCUT2D eigenvalue weighted by Gasteiger charge is 2.21. The number of alkyl halides is 1. The number of hydrogen-bond acceptors (Lipinski definition) is 1. The molecule has 2 aromatic rings. The zero-order valence-electron chi connectivity index (χ0n) is 11.4. The van der Waals surface area contributed by atoms with Crippen LogP contribution in [-0.4, -0.2) is 17.9 Å². The Hall–Kier alpha value is -1.22. The van der Waals surface area contributed by atoms with Gasteiger partial charge in [-0.05, 0) is 29.3 Å². The molecule has 0 heterocycles. The summed E-state index contributed by atoms with van der Waals surface area (Å²) in [6.45, 7) is 0.398. The average Bonchev–Trinajstić information content (AvgIpc) is 2.45. The molecule has 0 N–H and O–H groups in total. The zero-order valence-corrected chi connectivity index (χ0v) is 13.7. The van der Waals surface area contributed by atoms with Crippen LogP contribution in [0, 0.1) is 0 Å². The van der Waals surface area contributed by atoms with Gasteiger partial charge in [-0.3, -0.25) is 4.79 Å². The van der Waals surface area contributed by atoms with Gasteiger partial charge >= 0.3 is 0 Å². The lowest BCUT2D eigenvalue weighted by molar-refractivity contribution is -0.130. The average molecular weight is 343 g/mol. The van der Waals surface area contributed by atoms with Crippen LogP contribution in [0.1, 0.15) is 16.5 Å². The number of halogens is 3. The van der Waals surface area contributed by atoms with E-state index in [1.807, 2.05) is 30.3 Å². The molecule has 0 aliphatic carbocycles. The molecule has 0 bridgehead atoms. The molecule has 21 heavy (non-hydrogen) atoms. The van der Waals surface area contributed by atoms with Gasteiger partial charge in [0.05, 0.1) is 0 Å². The minimum Gasteiger partial charge on any atom is -0.340 e. The van der Waals surface area contributed by atoms with Crippen LogP contribution in [0.5, 0.6) is 0 Å². The van der Waals surface area contributed by atoms with Crippen LogP contribution in [0.4, 0.5) is 0 Å². The highest BCUT2D eigenvalue weighted by atomic mass is 35.5. The molecule has 1 unspecified atom stereocenters. The van der Waals surface area contributed by atoms with Crippen molar-refractivity contribution in [1.82, 2.24) is 4.90 Å². The molecule has 0 radical (unpaired) electrons. The molecule has 1 atom stereocenters. The molecule has 110 valence electrons. The second-order valence-corrected chi connectivity index (χ2v) is 6.05. The maximum absolute atomic E-state index is 12.3. The highest BCUT2D eigenvalue weighted by molar-refractivity contribution is 6.34. The fraction of sp³-hybridized carbons (Fsp3) is 0.188. The summed E-state index contributed by atoms with van der Waals surface area (Å²) in [6.07, 6.45) is 0.